The highest BCUT2D eigenvalue weighted by Crippen LogP contribution is 2.35. The van der Waals surface area contributed by atoms with Crippen LogP contribution < -0.4 is 0 Å². The summed E-state index contributed by atoms with van der Waals surface area (Å²) in [5.41, 5.74) is 0.270. The molecule has 0 spiro atoms. The van der Waals surface area contributed by atoms with Gasteiger partial charge in [0.1, 0.15) is 0 Å². The SMILES string of the molecule is C=C(C)C(=O)OCC(=O)OC1(C)CSCCS1. The summed E-state index contributed by atoms with van der Waals surface area (Å²) in [5, 5.41) is 0. The maximum Gasteiger partial charge on any atom is 0.345 e. The van der Waals surface area contributed by atoms with Crippen LogP contribution in [-0.4, -0.2) is 40.7 Å². The third-order valence-corrected chi connectivity index (χ3v) is 4.93. The van der Waals surface area contributed by atoms with Crippen LogP contribution in [0.25, 0.3) is 0 Å². The molecule has 0 saturated carbocycles. The molecule has 0 aromatic carbocycles. The summed E-state index contributed by atoms with van der Waals surface area (Å²) in [7, 11) is 0. The van der Waals surface area contributed by atoms with Crippen molar-refractivity contribution >= 4 is 35.5 Å². The first-order chi connectivity index (χ1) is 7.93. The fourth-order valence-corrected chi connectivity index (χ4v) is 3.74. The van der Waals surface area contributed by atoms with Crippen LogP contribution in [0.5, 0.6) is 0 Å². The summed E-state index contributed by atoms with van der Waals surface area (Å²) in [6, 6.07) is 0. The van der Waals surface area contributed by atoms with Gasteiger partial charge in [-0.25, -0.2) is 9.59 Å². The van der Waals surface area contributed by atoms with Crippen molar-refractivity contribution in [3.05, 3.63) is 12.2 Å². The molecular formula is C11H16O4S2. The summed E-state index contributed by atoms with van der Waals surface area (Å²) in [6.45, 7) is 6.48. The fraction of sp³-hybridized carbons (Fsp3) is 0.636. The summed E-state index contributed by atoms with van der Waals surface area (Å²) >= 11 is 3.37. The van der Waals surface area contributed by atoms with Crippen LogP contribution in [-0.2, 0) is 19.1 Å². The van der Waals surface area contributed by atoms with Gasteiger partial charge in [0.25, 0.3) is 0 Å². The number of esters is 2. The quantitative estimate of drug-likeness (QED) is 0.577. The number of hydrogen-bond acceptors (Lipinski definition) is 6. The molecule has 0 aliphatic carbocycles. The number of ether oxygens (including phenoxy) is 2. The Bertz CT molecular complexity index is 321. The van der Waals surface area contributed by atoms with Gasteiger partial charge in [-0.15, -0.1) is 11.8 Å². The maximum absolute atomic E-state index is 11.5. The predicted octanol–water partition coefficient (Wildman–Crippen LogP) is 1.85. The van der Waals surface area contributed by atoms with Gasteiger partial charge in [0.05, 0.1) is 0 Å². The Morgan fingerprint density at radius 3 is 2.65 bits per heavy atom. The first-order valence-corrected chi connectivity index (χ1v) is 7.33. The van der Waals surface area contributed by atoms with Gasteiger partial charge in [0.15, 0.2) is 11.5 Å². The Morgan fingerprint density at radius 2 is 2.12 bits per heavy atom. The van der Waals surface area contributed by atoms with E-state index in [1.807, 2.05) is 6.92 Å². The summed E-state index contributed by atoms with van der Waals surface area (Å²) in [5.74, 6) is 1.70. The van der Waals surface area contributed by atoms with Crippen molar-refractivity contribution in [1.82, 2.24) is 0 Å². The monoisotopic (exact) mass is 276 g/mol. The normalized spacial score (nSPS) is 23.9. The first-order valence-electron chi connectivity index (χ1n) is 5.19. The molecule has 0 radical (unpaired) electrons. The minimum Gasteiger partial charge on any atom is -0.450 e. The number of carbonyl (C=O) groups excluding carboxylic acids is 2. The predicted molar refractivity (Wildman–Crippen MR) is 70.1 cm³/mol. The Balaban J connectivity index is 2.33. The van der Waals surface area contributed by atoms with E-state index >= 15 is 0 Å². The average Bonchev–Trinajstić information content (AvgIpc) is 2.26. The van der Waals surface area contributed by atoms with Crippen molar-refractivity contribution < 1.29 is 19.1 Å². The molecule has 1 atom stereocenters. The Hall–Kier alpha value is -0.620. The number of hydrogen-bond donors (Lipinski definition) is 0. The average molecular weight is 276 g/mol. The van der Waals surface area contributed by atoms with Crippen molar-refractivity contribution in [2.45, 2.75) is 18.8 Å². The van der Waals surface area contributed by atoms with Gasteiger partial charge in [-0.05, 0) is 13.8 Å². The van der Waals surface area contributed by atoms with Crippen molar-refractivity contribution in [2.24, 2.45) is 0 Å². The van der Waals surface area contributed by atoms with Crippen LogP contribution in [0, 0.1) is 0 Å². The lowest BCUT2D eigenvalue weighted by Gasteiger charge is -2.31. The molecule has 6 heteroatoms. The van der Waals surface area contributed by atoms with Gasteiger partial charge < -0.3 is 9.47 Å². The largest absolute Gasteiger partial charge is 0.450 e. The van der Waals surface area contributed by atoms with Crippen molar-refractivity contribution in [3.63, 3.8) is 0 Å². The van der Waals surface area contributed by atoms with Crippen molar-refractivity contribution in [3.8, 4) is 0 Å². The van der Waals surface area contributed by atoms with E-state index in [1.54, 1.807) is 23.5 Å². The highest BCUT2D eigenvalue weighted by molar-refractivity contribution is 8.07. The second kappa shape index (κ2) is 6.35. The van der Waals surface area contributed by atoms with Crippen molar-refractivity contribution in [2.75, 3.05) is 23.9 Å². The van der Waals surface area contributed by atoms with Crippen LogP contribution in [0.1, 0.15) is 13.8 Å². The summed E-state index contributed by atoms with van der Waals surface area (Å²) < 4.78 is 10.0. The van der Waals surface area contributed by atoms with E-state index in [-0.39, 0.29) is 12.2 Å². The van der Waals surface area contributed by atoms with E-state index in [1.165, 1.54) is 6.92 Å². The van der Waals surface area contributed by atoms with Crippen LogP contribution in [0.4, 0.5) is 0 Å². The van der Waals surface area contributed by atoms with Crippen LogP contribution in [0.15, 0.2) is 12.2 Å². The van der Waals surface area contributed by atoms with Crippen molar-refractivity contribution in [1.29, 1.82) is 0 Å². The van der Waals surface area contributed by atoms with Gasteiger partial charge in [0, 0.05) is 22.8 Å². The lowest BCUT2D eigenvalue weighted by Crippen LogP contribution is -2.35. The molecular weight excluding hydrogens is 260 g/mol. The zero-order valence-electron chi connectivity index (χ0n) is 9.99. The second-order valence-electron chi connectivity index (χ2n) is 3.87. The molecule has 17 heavy (non-hydrogen) atoms. The van der Waals surface area contributed by atoms with Gasteiger partial charge in [-0.2, -0.15) is 11.8 Å². The third-order valence-electron chi connectivity index (χ3n) is 2.00. The molecule has 0 aromatic heterocycles. The lowest BCUT2D eigenvalue weighted by molar-refractivity contribution is -0.160. The number of rotatable bonds is 4. The van der Waals surface area contributed by atoms with E-state index in [0.29, 0.717) is 0 Å². The zero-order valence-corrected chi connectivity index (χ0v) is 11.6. The molecule has 0 bridgehead atoms. The molecule has 0 N–H and O–H groups in total. The van der Waals surface area contributed by atoms with Gasteiger partial charge >= 0.3 is 11.9 Å². The highest BCUT2D eigenvalue weighted by Gasteiger charge is 2.32. The zero-order chi connectivity index (χ0) is 12.9. The molecule has 1 aliphatic rings. The van der Waals surface area contributed by atoms with Gasteiger partial charge in [-0.3, -0.25) is 0 Å². The summed E-state index contributed by atoms with van der Waals surface area (Å²) in [4.78, 5) is 22.1. The minimum atomic E-state index is -0.572. The molecule has 1 aliphatic heterocycles. The lowest BCUT2D eigenvalue weighted by atomic mass is 10.4. The van der Waals surface area contributed by atoms with E-state index in [0.717, 1.165) is 17.3 Å². The molecule has 4 nitrogen and oxygen atoms in total. The topological polar surface area (TPSA) is 52.6 Å². The van der Waals surface area contributed by atoms with Gasteiger partial charge in [0.2, 0.25) is 0 Å². The van der Waals surface area contributed by atoms with Crippen LogP contribution in [0.2, 0.25) is 0 Å². The third kappa shape index (κ3) is 5.04. The molecule has 0 amide bonds. The number of thioether (sulfide) groups is 2. The van der Waals surface area contributed by atoms with E-state index < -0.39 is 16.9 Å². The maximum atomic E-state index is 11.5. The van der Waals surface area contributed by atoms with Gasteiger partial charge in [-0.1, -0.05) is 6.58 Å². The summed E-state index contributed by atoms with van der Waals surface area (Å²) in [6.07, 6.45) is 0. The highest BCUT2D eigenvalue weighted by atomic mass is 32.2. The van der Waals surface area contributed by atoms with E-state index in [4.69, 9.17) is 9.47 Å². The van der Waals surface area contributed by atoms with Crippen LogP contribution in [0.3, 0.4) is 0 Å². The molecule has 0 aromatic rings. The standard InChI is InChI=1S/C11H16O4S2/c1-8(2)10(13)14-6-9(12)15-11(3)7-16-4-5-17-11/h1,4-7H2,2-3H3. The molecule has 96 valence electrons. The Labute approximate surface area is 109 Å². The molecule has 1 fully saturated rings. The molecule has 1 saturated heterocycles. The molecule has 1 heterocycles. The van der Waals surface area contributed by atoms with Crippen LogP contribution >= 0.6 is 23.5 Å². The number of carbonyl (C=O) groups is 2. The fourth-order valence-electron chi connectivity index (χ4n) is 1.19. The smallest absolute Gasteiger partial charge is 0.345 e. The Kier molecular flexibility index (Phi) is 5.39. The minimum absolute atomic E-state index is 0.270. The molecule has 1 unspecified atom stereocenters. The second-order valence-corrected chi connectivity index (χ2v) is 6.53. The van der Waals surface area contributed by atoms with E-state index in [9.17, 15) is 9.59 Å². The first kappa shape index (κ1) is 14.4. The van der Waals surface area contributed by atoms with E-state index in [2.05, 4.69) is 6.58 Å². The molecule has 1 rings (SSSR count). The Morgan fingerprint density at radius 1 is 1.41 bits per heavy atom.